The minimum Gasteiger partial charge on any atom is -0.489 e. The Kier molecular flexibility index (Phi) is 6.54. The predicted octanol–water partition coefficient (Wildman–Crippen LogP) is 4.35. The van der Waals surface area contributed by atoms with E-state index in [1.807, 2.05) is 56.3 Å². The molecule has 29 heavy (non-hydrogen) atoms. The lowest BCUT2D eigenvalue weighted by atomic mass is 10.1. The van der Waals surface area contributed by atoms with Gasteiger partial charge in [0.25, 0.3) is 0 Å². The SMILES string of the molecule is C=C(C)COc1cccc(NCC(=O)Nc2cccc(NC(=O)C3CC3)c2C)c1. The van der Waals surface area contributed by atoms with Crippen LogP contribution in [0.2, 0.25) is 0 Å². The van der Waals surface area contributed by atoms with Crippen LogP contribution in [0.4, 0.5) is 17.1 Å². The lowest BCUT2D eigenvalue weighted by Gasteiger charge is -2.14. The molecule has 6 nitrogen and oxygen atoms in total. The summed E-state index contributed by atoms with van der Waals surface area (Å²) in [4.78, 5) is 24.4. The van der Waals surface area contributed by atoms with Gasteiger partial charge in [0.15, 0.2) is 0 Å². The Morgan fingerprint density at radius 2 is 1.79 bits per heavy atom. The van der Waals surface area contributed by atoms with Crippen molar-refractivity contribution in [3.8, 4) is 5.75 Å². The van der Waals surface area contributed by atoms with E-state index in [9.17, 15) is 9.59 Å². The largest absolute Gasteiger partial charge is 0.489 e. The standard InChI is InChI=1S/C23H27N3O3/c1-15(2)14-29-19-7-4-6-18(12-19)24-13-22(27)25-20-8-5-9-21(16(20)3)26-23(28)17-10-11-17/h4-9,12,17,24H,1,10-11,13-14H2,2-3H3,(H,25,27)(H,26,28). The van der Waals surface area contributed by atoms with Crippen molar-refractivity contribution in [1.29, 1.82) is 0 Å². The van der Waals surface area contributed by atoms with E-state index in [2.05, 4.69) is 22.5 Å². The molecule has 0 aliphatic heterocycles. The predicted molar refractivity (Wildman–Crippen MR) is 116 cm³/mol. The van der Waals surface area contributed by atoms with Gasteiger partial charge in [0.1, 0.15) is 12.4 Å². The van der Waals surface area contributed by atoms with E-state index in [1.54, 1.807) is 0 Å². The van der Waals surface area contributed by atoms with E-state index in [-0.39, 0.29) is 24.3 Å². The van der Waals surface area contributed by atoms with Gasteiger partial charge in [-0.1, -0.05) is 18.7 Å². The molecule has 152 valence electrons. The molecule has 0 heterocycles. The molecule has 0 radical (unpaired) electrons. The molecule has 3 N–H and O–H groups in total. The minimum atomic E-state index is -0.174. The van der Waals surface area contributed by atoms with Crippen molar-refractivity contribution in [2.24, 2.45) is 5.92 Å². The summed E-state index contributed by atoms with van der Waals surface area (Å²) >= 11 is 0. The molecular weight excluding hydrogens is 366 g/mol. The quantitative estimate of drug-likeness (QED) is 0.554. The first-order valence-electron chi connectivity index (χ1n) is 9.74. The zero-order chi connectivity index (χ0) is 20.8. The molecule has 2 aromatic rings. The van der Waals surface area contributed by atoms with Crippen LogP contribution < -0.4 is 20.7 Å². The number of amides is 2. The van der Waals surface area contributed by atoms with Crippen LogP contribution in [0.5, 0.6) is 5.75 Å². The Bertz CT molecular complexity index is 919. The lowest BCUT2D eigenvalue weighted by Crippen LogP contribution is -2.22. The molecule has 2 aromatic carbocycles. The summed E-state index contributed by atoms with van der Waals surface area (Å²) in [6.07, 6.45) is 1.90. The minimum absolute atomic E-state index is 0.0481. The van der Waals surface area contributed by atoms with Crippen LogP contribution in [0.25, 0.3) is 0 Å². The van der Waals surface area contributed by atoms with E-state index in [4.69, 9.17) is 4.74 Å². The number of nitrogens with one attached hydrogen (secondary N) is 3. The van der Waals surface area contributed by atoms with Crippen molar-refractivity contribution in [2.45, 2.75) is 26.7 Å². The van der Waals surface area contributed by atoms with Crippen molar-refractivity contribution < 1.29 is 14.3 Å². The van der Waals surface area contributed by atoms with Crippen LogP contribution in [0.15, 0.2) is 54.6 Å². The summed E-state index contributed by atoms with van der Waals surface area (Å²) < 4.78 is 5.62. The molecule has 1 aliphatic carbocycles. The van der Waals surface area contributed by atoms with Gasteiger partial charge in [-0.3, -0.25) is 9.59 Å². The van der Waals surface area contributed by atoms with E-state index in [0.717, 1.165) is 35.4 Å². The number of ether oxygens (including phenoxy) is 1. The van der Waals surface area contributed by atoms with Crippen molar-refractivity contribution in [2.75, 3.05) is 29.1 Å². The summed E-state index contributed by atoms with van der Waals surface area (Å²) in [6.45, 7) is 8.17. The van der Waals surface area contributed by atoms with Crippen molar-refractivity contribution in [3.63, 3.8) is 0 Å². The Labute approximate surface area is 171 Å². The summed E-state index contributed by atoms with van der Waals surface area (Å²) in [7, 11) is 0. The molecule has 6 heteroatoms. The van der Waals surface area contributed by atoms with E-state index in [1.165, 1.54) is 0 Å². The monoisotopic (exact) mass is 393 g/mol. The molecule has 1 saturated carbocycles. The first-order valence-corrected chi connectivity index (χ1v) is 9.74. The molecular formula is C23H27N3O3. The van der Waals surface area contributed by atoms with Gasteiger partial charge < -0.3 is 20.7 Å². The zero-order valence-electron chi connectivity index (χ0n) is 16.9. The van der Waals surface area contributed by atoms with Crippen molar-refractivity contribution in [3.05, 3.63) is 60.2 Å². The lowest BCUT2D eigenvalue weighted by molar-refractivity contribution is -0.117. The maximum absolute atomic E-state index is 12.4. The van der Waals surface area contributed by atoms with Crippen LogP contribution in [0.3, 0.4) is 0 Å². The molecule has 1 aliphatic rings. The molecule has 0 bridgehead atoms. The Morgan fingerprint density at radius 3 is 2.48 bits per heavy atom. The highest BCUT2D eigenvalue weighted by molar-refractivity contribution is 5.98. The number of hydrogen-bond acceptors (Lipinski definition) is 4. The zero-order valence-corrected chi connectivity index (χ0v) is 16.9. The fourth-order valence-corrected chi connectivity index (χ4v) is 2.77. The third-order valence-electron chi connectivity index (χ3n) is 4.59. The van der Waals surface area contributed by atoms with Crippen molar-refractivity contribution >= 4 is 28.9 Å². The second-order valence-electron chi connectivity index (χ2n) is 7.42. The Hall–Kier alpha value is -3.28. The van der Waals surface area contributed by atoms with Gasteiger partial charge in [0, 0.05) is 29.0 Å². The summed E-state index contributed by atoms with van der Waals surface area (Å²) in [5, 5.41) is 8.94. The van der Waals surface area contributed by atoms with E-state index >= 15 is 0 Å². The summed E-state index contributed by atoms with van der Waals surface area (Å²) in [5.74, 6) is 0.722. The Balaban J connectivity index is 1.55. The highest BCUT2D eigenvalue weighted by Gasteiger charge is 2.29. The molecule has 0 spiro atoms. The highest BCUT2D eigenvalue weighted by Crippen LogP contribution is 2.31. The molecule has 0 aromatic heterocycles. The second-order valence-corrected chi connectivity index (χ2v) is 7.42. The first kappa shape index (κ1) is 20.5. The average Bonchev–Trinajstić information content (AvgIpc) is 3.53. The summed E-state index contributed by atoms with van der Waals surface area (Å²) in [6, 6.07) is 12.9. The molecule has 0 atom stereocenters. The second kappa shape index (κ2) is 9.28. The molecule has 0 saturated heterocycles. The number of rotatable bonds is 9. The van der Waals surface area contributed by atoms with Crippen molar-refractivity contribution in [1.82, 2.24) is 0 Å². The molecule has 1 fully saturated rings. The number of anilines is 3. The molecule has 2 amide bonds. The third-order valence-corrected chi connectivity index (χ3v) is 4.59. The number of benzene rings is 2. The van der Waals surface area contributed by atoms with Crippen LogP contribution >= 0.6 is 0 Å². The van der Waals surface area contributed by atoms with E-state index < -0.39 is 0 Å². The third kappa shape index (κ3) is 6.10. The smallest absolute Gasteiger partial charge is 0.243 e. The van der Waals surface area contributed by atoms with Gasteiger partial charge in [-0.05, 0) is 62.1 Å². The van der Waals surface area contributed by atoms with Gasteiger partial charge in [0.2, 0.25) is 11.8 Å². The van der Waals surface area contributed by atoms with Gasteiger partial charge >= 0.3 is 0 Å². The highest BCUT2D eigenvalue weighted by atomic mass is 16.5. The topological polar surface area (TPSA) is 79.5 Å². The number of hydrogen-bond donors (Lipinski definition) is 3. The number of carbonyl (C=O) groups is 2. The van der Waals surface area contributed by atoms with Crippen LogP contribution in [-0.2, 0) is 9.59 Å². The normalized spacial score (nSPS) is 12.8. The summed E-state index contributed by atoms with van der Waals surface area (Å²) in [5.41, 5.74) is 3.99. The van der Waals surface area contributed by atoms with Gasteiger partial charge in [-0.15, -0.1) is 0 Å². The van der Waals surface area contributed by atoms with Gasteiger partial charge in [-0.25, -0.2) is 0 Å². The molecule has 0 unspecified atom stereocenters. The fraction of sp³-hybridized carbons (Fsp3) is 0.304. The first-order chi connectivity index (χ1) is 13.9. The van der Waals surface area contributed by atoms with Gasteiger partial charge in [-0.2, -0.15) is 0 Å². The van der Waals surface area contributed by atoms with E-state index in [0.29, 0.717) is 18.0 Å². The van der Waals surface area contributed by atoms with Gasteiger partial charge in [0.05, 0.1) is 6.54 Å². The van der Waals surface area contributed by atoms with Crippen LogP contribution in [0.1, 0.15) is 25.3 Å². The van der Waals surface area contributed by atoms with Crippen LogP contribution in [0, 0.1) is 12.8 Å². The fourth-order valence-electron chi connectivity index (χ4n) is 2.77. The average molecular weight is 393 g/mol. The maximum atomic E-state index is 12.4. The maximum Gasteiger partial charge on any atom is 0.243 e. The van der Waals surface area contributed by atoms with Crippen LogP contribution in [-0.4, -0.2) is 25.0 Å². The number of carbonyl (C=O) groups excluding carboxylic acids is 2. The molecule has 3 rings (SSSR count). The Morgan fingerprint density at radius 1 is 1.10 bits per heavy atom.